The molecule has 2 saturated carbocycles. The van der Waals surface area contributed by atoms with Crippen molar-refractivity contribution in [3.63, 3.8) is 0 Å². The maximum Gasteiger partial charge on any atom is 0.411 e. The average Bonchev–Trinajstić information content (AvgIpc) is 3.59. The standard InChI is InChI=1S/C42H40N6O2/c1-21-30-20-33(43-35(21)30)39-44-31-15-10-25-18-23(8-12-28(25)36(31)46-39)6-7-24-9-13-29-26(19-24)11-16-32-37(29)47-40(45-32)34-17-14-27-22(2)38(27)48(34)41(49)50-42(3,4)5/h8-19,21-22,27,30,33-35,38,43H,20H2,1-5H3,(H,44,46)(H,45,47). The van der Waals surface area contributed by atoms with Crippen molar-refractivity contribution in [1.82, 2.24) is 30.2 Å². The van der Waals surface area contributed by atoms with Crippen molar-refractivity contribution in [3.05, 3.63) is 95.6 Å². The molecule has 2 aliphatic heterocycles. The van der Waals surface area contributed by atoms with E-state index in [1.165, 1.54) is 6.42 Å². The molecule has 8 heteroatoms. The summed E-state index contributed by atoms with van der Waals surface area (Å²) in [6.07, 6.45) is 5.20. The van der Waals surface area contributed by atoms with E-state index in [1.54, 1.807) is 0 Å². The van der Waals surface area contributed by atoms with Gasteiger partial charge in [-0.3, -0.25) is 4.90 Å². The Hall–Kier alpha value is -5.13. The number of rotatable bonds is 2. The molecule has 0 bridgehead atoms. The highest BCUT2D eigenvalue weighted by Gasteiger charge is 2.56. The largest absolute Gasteiger partial charge is 0.444 e. The molecule has 8 nitrogen and oxygen atoms in total. The minimum absolute atomic E-state index is 0.126. The van der Waals surface area contributed by atoms with Crippen LogP contribution in [0.15, 0.2) is 72.8 Å². The number of aromatic amines is 2. The van der Waals surface area contributed by atoms with Crippen LogP contribution in [0.4, 0.5) is 4.79 Å². The molecular weight excluding hydrogens is 621 g/mol. The van der Waals surface area contributed by atoms with Gasteiger partial charge in [-0.15, -0.1) is 0 Å². The summed E-state index contributed by atoms with van der Waals surface area (Å²) in [5.41, 5.74) is 5.27. The lowest BCUT2D eigenvalue weighted by molar-refractivity contribution is 0.0147. The number of amides is 1. The minimum Gasteiger partial charge on any atom is -0.444 e. The Morgan fingerprint density at radius 2 is 1.44 bits per heavy atom. The van der Waals surface area contributed by atoms with E-state index >= 15 is 0 Å². The van der Waals surface area contributed by atoms with Gasteiger partial charge in [-0.2, -0.15) is 0 Å². The van der Waals surface area contributed by atoms with E-state index in [0.29, 0.717) is 23.9 Å². The van der Waals surface area contributed by atoms with Gasteiger partial charge in [-0.05, 0) is 92.1 Å². The van der Waals surface area contributed by atoms with Crippen LogP contribution in [0.5, 0.6) is 0 Å². The van der Waals surface area contributed by atoms with E-state index in [1.807, 2.05) is 25.7 Å². The highest BCUT2D eigenvalue weighted by molar-refractivity contribution is 6.05. The topological polar surface area (TPSA) is 98.9 Å². The number of hydrogen-bond acceptors (Lipinski definition) is 5. The molecular formula is C42H40N6O2. The average molecular weight is 661 g/mol. The predicted molar refractivity (Wildman–Crippen MR) is 197 cm³/mol. The number of nitrogens with zero attached hydrogens (tertiary/aromatic N) is 3. The van der Waals surface area contributed by atoms with E-state index in [-0.39, 0.29) is 18.2 Å². The van der Waals surface area contributed by atoms with E-state index < -0.39 is 5.60 Å². The maximum atomic E-state index is 13.4. The van der Waals surface area contributed by atoms with Crippen molar-refractivity contribution in [2.75, 3.05) is 0 Å². The van der Waals surface area contributed by atoms with Crippen LogP contribution in [-0.2, 0) is 4.74 Å². The third kappa shape index (κ3) is 4.74. The molecule has 1 amide bonds. The number of carbonyl (C=O) groups excluding carboxylic acids is 1. The van der Waals surface area contributed by atoms with Gasteiger partial charge >= 0.3 is 6.09 Å². The summed E-state index contributed by atoms with van der Waals surface area (Å²) in [4.78, 5) is 32.5. The number of aromatic nitrogens is 4. The molecule has 8 unspecified atom stereocenters. The maximum absolute atomic E-state index is 13.4. The zero-order valence-corrected chi connectivity index (χ0v) is 28.9. The molecule has 2 aliphatic carbocycles. The molecule has 10 rings (SSSR count). The molecule has 3 fully saturated rings. The van der Waals surface area contributed by atoms with Gasteiger partial charge < -0.3 is 20.0 Å². The third-order valence-corrected chi connectivity index (χ3v) is 11.5. The Labute approximate surface area is 290 Å². The first-order valence-corrected chi connectivity index (χ1v) is 17.9. The Kier molecular flexibility index (Phi) is 6.21. The van der Waals surface area contributed by atoms with Crippen molar-refractivity contribution >= 4 is 49.7 Å². The zero-order chi connectivity index (χ0) is 34.1. The number of hydrogen-bond donors (Lipinski definition) is 3. The van der Waals surface area contributed by atoms with Gasteiger partial charge in [0.2, 0.25) is 0 Å². The van der Waals surface area contributed by atoms with E-state index in [9.17, 15) is 4.79 Å². The second-order valence-corrected chi connectivity index (χ2v) is 15.9. The Morgan fingerprint density at radius 3 is 2.04 bits per heavy atom. The fourth-order valence-electron chi connectivity index (χ4n) is 8.68. The lowest BCUT2D eigenvalue weighted by Gasteiger charge is -2.33. The molecule has 0 spiro atoms. The molecule has 50 heavy (non-hydrogen) atoms. The smallest absolute Gasteiger partial charge is 0.411 e. The van der Waals surface area contributed by atoms with Gasteiger partial charge in [0, 0.05) is 39.9 Å². The van der Waals surface area contributed by atoms with Gasteiger partial charge in [0.05, 0.1) is 28.1 Å². The molecule has 4 heterocycles. The number of imidazole rings is 2. The van der Waals surface area contributed by atoms with Gasteiger partial charge in [-0.25, -0.2) is 14.8 Å². The van der Waals surface area contributed by atoms with Crippen LogP contribution >= 0.6 is 0 Å². The van der Waals surface area contributed by atoms with E-state index in [2.05, 4.69) is 114 Å². The van der Waals surface area contributed by atoms with Crippen molar-refractivity contribution < 1.29 is 9.53 Å². The fourth-order valence-corrected chi connectivity index (χ4v) is 8.68. The summed E-state index contributed by atoms with van der Waals surface area (Å²) >= 11 is 0. The summed E-state index contributed by atoms with van der Waals surface area (Å²) in [5, 5.41) is 8.15. The van der Waals surface area contributed by atoms with E-state index in [0.717, 1.165) is 78.2 Å². The molecule has 3 N–H and O–H groups in total. The van der Waals surface area contributed by atoms with Crippen molar-refractivity contribution in [1.29, 1.82) is 0 Å². The lowest BCUT2D eigenvalue weighted by Crippen LogP contribution is -2.42. The van der Waals surface area contributed by atoms with E-state index in [4.69, 9.17) is 14.7 Å². The van der Waals surface area contributed by atoms with Gasteiger partial charge in [0.1, 0.15) is 23.3 Å². The summed E-state index contributed by atoms with van der Waals surface area (Å²) in [6, 6.07) is 21.9. The Morgan fingerprint density at radius 1 is 0.820 bits per heavy atom. The quantitative estimate of drug-likeness (QED) is 0.128. The highest BCUT2D eigenvalue weighted by Crippen LogP contribution is 2.52. The molecule has 4 aromatic carbocycles. The molecule has 4 aliphatic rings. The van der Waals surface area contributed by atoms with Crippen LogP contribution in [0.25, 0.3) is 43.6 Å². The third-order valence-electron chi connectivity index (χ3n) is 11.5. The van der Waals surface area contributed by atoms with Crippen molar-refractivity contribution in [3.8, 4) is 11.8 Å². The van der Waals surface area contributed by atoms with Crippen LogP contribution in [-0.4, -0.2) is 48.6 Å². The van der Waals surface area contributed by atoms with Crippen LogP contribution in [0.2, 0.25) is 0 Å². The van der Waals surface area contributed by atoms with Crippen LogP contribution in [0.3, 0.4) is 0 Å². The second kappa shape index (κ2) is 10.4. The molecule has 250 valence electrons. The minimum atomic E-state index is -0.571. The van der Waals surface area contributed by atoms with Gasteiger partial charge in [-0.1, -0.05) is 62.1 Å². The number of ether oxygens (including phenoxy) is 1. The van der Waals surface area contributed by atoms with Crippen LogP contribution < -0.4 is 5.32 Å². The second-order valence-electron chi connectivity index (χ2n) is 15.9. The number of benzene rings is 4. The highest BCUT2D eigenvalue weighted by atomic mass is 16.6. The first-order chi connectivity index (χ1) is 24.1. The Bertz CT molecular complexity index is 2480. The number of fused-ring (bicyclic) bond motifs is 8. The summed E-state index contributed by atoms with van der Waals surface area (Å²) in [5.74, 6) is 10.9. The number of nitrogens with one attached hydrogen (secondary N) is 3. The fraction of sp³-hybridized carbons (Fsp3) is 0.357. The lowest BCUT2D eigenvalue weighted by atomic mass is 10.0. The number of H-pyrrole nitrogens is 2. The summed E-state index contributed by atoms with van der Waals surface area (Å²) in [6.45, 7) is 10.2. The van der Waals surface area contributed by atoms with Crippen LogP contribution in [0.1, 0.15) is 75.9 Å². The molecule has 6 aromatic rings. The molecule has 2 aromatic heterocycles. The number of carbonyl (C=O) groups is 1. The zero-order valence-electron chi connectivity index (χ0n) is 28.9. The van der Waals surface area contributed by atoms with Gasteiger partial charge in [0.15, 0.2) is 0 Å². The van der Waals surface area contributed by atoms with Crippen LogP contribution in [0, 0.1) is 35.5 Å². The SMILES string of the molecule is CC1C2CC(c3nc4c(ccc5cc(C#Cc6ccc7c(ccc8[nH]c(C9C=CC%10C(C)C%10N9C(=O)OC(C)(C)C)nc87)c6)ccc54)[nH]3)NC12. The monoisotopic (exact) mass is 660 g/mol. The predicted octanol–water partition coefficient (Wildman–Crippen LogP) is 8.30. The summed E-state index contributed by atoms with van der Waals surface area (Å²) in [7, 11) is 0. The first kappa shape index (κ1) is 29.8. The first-order valence-electron chi connectivity index (χ1n) is 17.9. The molecule has 1 saturated heterocycles. The van der Waals surface area contributed by atoms with Crippen molar-refractivity contribution in [2.24, 2.45) is 23.7 Å². The molecule has 0 radical (unpaired) electrons. The number of piperidine rings is 1. The van der Waals surface area contributed by atoms with Crippen molar-refractivity contribution in [2.45, 2.75) is 70.8 Å². The normalized spacial score (nSPS) is 28.1. The van der Waals surface area contributed by atoms with Gasteiger partial charge in [0.25, 0.3) is 0 Å². The summed E-state index contributed by atoms with van der Waals surface area (Å²) < 4.78 is 5.84. The Balaban J connectivity index is 0.921. The molecule has 8 atom stereocenters.